The number of nitrogens with two attached hydrogens (primary N) is 1. The van der Waals surface area contributed by atoms with Crippen LogP contribution in [0.25, 0.3) is 0 Å². The van der Waals surface area contributed by atoms with Gasteiger partial charge in [-0.1, -0.05) is 19.8 Å². The number of hydrogen-bond donors (Lipinski definition) is 3. The minimum atomic E-state index is -0.616. The first-order valence-corrected chi connectivity index (χ1v) is 7.65. The van der Waals surface area contributed by atoms with Crippen LogP contribution < -0.4 is 11.1 Å². The van der Waals surface area contributed by atoms with Crippen molar-refractivity contribution < 1.29 is 5.11 Å². The van der Waals surface area contributed by atoms with Gasteiger partial charge in [-0.25, -0.2) is 0 Å². The molecule has 1 saturated carbocycles. The van der Waals surface area contributed by atoms with Crippen LogP contribution in [-0.4, -0.2) is 30.3 Å². The van der Waals surface area contributed by atoms with Crippen LogP contribution in [0.4, 0.5) is 0 Å². The monoisotopic (exact) mass is 254 g/mol. The normalized spacial score (nSPS) is 41.3. The highest BCUT2D eigenvalue weighted by atomic mass is 16.3. The number of rotatable bonds is 3. The van der Waals surface area contributed by atoms with Gasteiger partial charge in [0.05, 0.1) is 5.60 Å². The molecule has 4 N–H and O–H groups in total. The van der Waals surface area contributed by atoms with E-state index in [9.17, 15) is 5.11 Å². The molecule has 0 aromatic carbocycles. The maximum Gasteiger partial charge on any atom is 0.0727 e. The average Bonchev–Trinajstić information content (AvgIpc) is 2.41. The molecule has 2 fully saturated rings. The fraction of sp³-hybridized carbons (Fsp3) is 1.00. The van der Waals surface area contributed by atoms with Crippen LogP contribution in [0.1, 0.15) is 52.4 Å². The Morgan fingerprint density at radius 1 is 1.33 bits per heavy atom. The minimum absolute atomic E-state index is 0.0524. The molecule has 0 radical (unpaired) electrons. The zero-order chi connectivity index (χ0) is 13.2. The molecule has 2 unspecified atom stereocenters. The van der Waals surface area contributed by atoms with E-state index in [0.29, 0.717) is 12.5 Å². The van der Waals surface area contributed by atoms with Crippen molar-refractivity contribution in [2.45, 2.75) is 58.0 Å². The lowest BCUT2D eigenvalue weighted by Gasteiger charge is -2.53. The maximum absolute atomic E-state index is 11.2. The second-order valence-electron chi connectivity index (χ2n) is 6.86. The van der Waals surface area contributed by atoms with E-state index in [0.717, 1.165) is 38.3 Å². The lowest BCUT2D eigenvalue weighted by Crippen LogP contribution is -2.59. The standard InChI is InChI=1S/C15H30N2O/c1-12-5-7-15(11-16,8-6-12)14(2,18)13-4-3-9-17-10-13/h12-13,17-18H,3-11,16H2,1-2H3. The van der Waals surface area contributed by atoms with Crippen molar-refractivity contribution in [3.8, 4) is 0 Å². The van der Waals surface area contributed by atoms with Gasteiger partial charge in [-0.05, 0) is 45.1 Å². The fourth-order valence-corrected chi connectivity index (χ4v) is 4.00. The molecule has 106 valence electrons. The maximum atomic E-state index is 11.2. The average molecular weight is 254 g/mol. The van der Waals surface area contributed by atoms with Crippen molar-refractivity contribution in [1.29, 1.82) is 0 Å². The first kappa shape index (κ1) is 14.3. The van der Waals surface area contributed by atoms with E-state index in [-0.39, 0.29) is 5.41 Å². The summed E-state index contributed by atoms with van der Waals surface area (Å²) < 4.78 is 0. The van der Waals surface area contributed by atoms with Gasteiger partial charge in [-0.15, -0.1) is 0 Å². The summed E-state index contributed by atoms with van der Waals surface area (Å²) in [6, 6.07) is 0. The van der Waals surface area contributed by atoms with Crippen LogP contribution in [0.15, 0.2) is 0 Å². The van der Waals surface area contributed by atoms with E-state index in [1.54, 1.807) is 0 Å². The van der Waals surface area contributed by atoms with Gasteiger partial charge in [0.2, 0.25) is 0 Å². The molecule has 2 rings (SSSR count). The molecule has 1 heterocycles. The molecule has 3 nitrogen and oxygen atoms in total. The van der Waals surface area contributed by atoms with Gasteiger partial charge < -0.3 is 16.2 Å². The van der Waals surface area contributed by atoms with E-state index >= 15 is 0 Å². The third-order valence-corrected chi connectivity index (χ3v) is 5.79. The summed E-state index contributed by atoms with van der Waals surface area (Å²) in [5, 5.41) is 14.6. The SMILES string of the molecule is CC1CCC(CN)(C(C)(O)C2CCCNC2)CC1. The highest BCUT2D eigenvalue weighted by molar-refractivity contribution is 5.03. The van der Waals surface area contributed by atoms with E-state index in [4.69, 9.17) is 5.73 Å². The smallest absolute Gasteiger partial charge is 0.0727 e. The van der Waals surface area contributed by atoms with E-state index < -0.39 is 5.60 Å². The molecule has 1 aliphatic carbocycles. The molecular weight excluding hydrogens is 224 g/mol. The first-order valence-electron chi connectivity index (χ1n) is 7.65. The Kier molecular flexibility index (Phi) is 4.35. The largest absolute Gasteiger partial charge is 0.389 e. The molecule has 18 heavy (non-hydrogen) atoms. The lowest BCUT2D eigenvalue weighted by molar-refractivity contribution is -0.133. The van der Waals surface area contributed by atoms with Gasteiger partial charge in [0, 0.05) is 24.4 Å². The fourth-order valence-electron chi connectivity index (χ4n) is 4.00. The molecule has 1 saturated heterocycles. The molecular formula is C15H30N2O. The predicted octanol–water partition coefficient (Wildman–Crippen LogP) is 1.89. The van der Waals surface area contributed by atoms with Crippen LogP contribution in [0, 0.1) is 17.3 Å². The van der Waals surface area contributed by atoms with Gasteiger partial charge in [0.1, 0.15) is 0 Å². The number of nitrogens with one attached hydrogen (secondary N) is 1. The van der Waals surface area contributed by atoms with Crippen LogP contribution in [0.2, 0.25) is 0 Å². The number of hydrogen-bond acceptors (Lipinski definition) is 3. The molecule has 0 amide bonds. The second kappa shape index (κ2) is 5.48. The van der Waals surface area contributed by atoms with Crippen LogP contribution >= 0.6 is 0 Å². The Morgan fingerprint density at radius 2 is 2.00 bits per heavy atom. The molecule has 2 atom stereocenters. The van der Waals surface area contributed by atoms with Gasteiger partial charge >= 0.3 is 0 Å². The predicted molar refractivity (Wildman–Crippen MR) is 75.3 cm³/mol. The Balaban J connectivity index is 2.13. The molecule has 0 aromatic rings. The summed E-state index contributed by atoms with van der Waals surface area (Å²) in [4.78, 5) is 0. The Hall–Kier alpha value is -0.120. The Labute approximate surface area is 112 Å². The first-order chi connectivity index (χ1) is 8.52. The van der Waals surface area contributed by atoms with Crippen molar-refractivity contribution in [2.24, 2.45) is 23.0 Å². The van der Waals surface area contributed by atoms with Crippen LogP contribution in [0.5, 0.6) is 0 Å². The summed E-state index contributed by atoms with van der Waals surface area (Å²) in [6.07, 6.45) is 6.93. The Bertz CT molecular complexity index is 264. The van der Waals surface area contributed by atoms with E-state index in [1.165, 1.54) is 19.3 Å². The Morgan fingerprint density at radius 3 is 2.50 bits per heavy atom. The van der Waals surface area contributed by atoms with Gasteiger partial charge in [0.25, 0.3) is 0 Å². The molecule has 3 heteroatoms. The zero-order valence-corrected chi connectivity index (χ0v) is 12.0. The van der Waals surface area contributed by atoms with Crippen molar-refractivity contribution in [3.63, 3.8) is 0 Å². The molecule has 2 aliphatic rings. The quantitative estimate of drug-likeness (QED) is 0.721. The van der Waals surface area contributed by atoms with E-state index in [1.807, 2.05) is 6.92 Å². The van der Waals surface area contributed by atoms with E-state index in [2.05, 4.69) is 12.2 Å². The third kappa shape index (κ3) is 2.45. The third-order valence-electron chi connectivity index (χ3n) is 5.79. The van der Waals surface area contributed by atoms with Gasteiger partial charge in [-0.3, -0.25) is 0 Å². The van der Waals surface area contributed by atoms with Crippen LogP contribution in [-0.2, 0) is 0 Å². The van der Waals surface area contributed by atoms with Crippen molar-refractivity contribution in [3.05, 3.63) is 0 Å². The molecule has 0 bridgehead atoms. The molecule has 1 aliphatic heterocycles. The summed E-state index contributed by atoms with van der Waals surface area (Å²) in [6.45, 7) is 7.04. The van der Waals surface area contributed by atoms with Crippen LogP contribution in [0.3, 0.4) is 0 Å². The minimum Gasteiger partial charge on any atom is -0.389 e. The molecule has 0 aromatic heterocycles. The summed E-state index contributed by atoms with van der Waals surface area (Å²) in [5.74, 6) is 1.16. The second-order valence-corrected chi connectivity index (χ2v) is 6.86. The van der Waals surface area contributed by atoms with Gasteiger partial charge in [0.15, 0.2) is 0 Å². The van der Waals surface area contributed by atoms with Crippen molar-refractivity contribution in [1.82, 2.24) is 5.32 Å². The molecule has 0 spiro atoms. The summed E-state index contributed by atoms with van der Waals surface area (Å²) in [7, 11) is 0. The van der Waals surface area contributed by atoms with Crippen molar-refractivity contribution >= 4 is 0 Å². The topological polar surface area (TPSA) is 58.3 Å². The highest BCUT2D eigenvalue weighted by Gasteiger charge is 2.51. The lowest BCUT2D eigenvalue weighted by atomic mass is 9.57. The number of aliphatic hydroxyl groups is 1. The number of piperidine rings is 1. The zero-order valence-electron chi connectivity index (χ0n) is 12.0. The van der Waals surface area contributed by atoms with Crippen molar-refractivity contribution in [2.75, 3.05) is 19.6 Å². The summed E-state index contributed by atoms with van der Waals surface area (Å²) >= 11 is 0. The summed E-state index contributed by atoms with van der Waals surface area (Å²) in [5.41, 5.74) is 5.43. The highest BCUT2D eigenvalue weighted by Crippen LogP contribution is 2.49. The van der Waals surface area contributed by atoms with Gasteiger partial charge in [-0.2, -0.15) is 0 Å².